The van der Waals surface area contributed by atoms with Crippen LogP contribution in [0.4, 0.5) is 0 Å². The summed E-state index contributed by atoms with van der Waals surface area (Å²) < 4.78 is 5.38. The highest BCUT2D eigenvalue weighted by Crippen LogP contribution is 2.35. The van der Waals surface area contributed by atoms with E-state index in [1.54, 1.807) is 0 Å². The number of amides is 2. The number of imide groups is 1. The first-order chi connectivity index (χ1) is 7.17. The molecule has 1 atom stereocenters. The predicted octanol–water partition coefficient (Wildman–Crippen LogP) is 1.09. The molecule has 2 saturated heterocycles. The Kier molecular flexibility index (Phi) is 2.78. The molecule has 4 heteroatoms. The van der Waals surface area contributed by atoms with E-state index < -0.39 is 0 Å². The number of hydrogen-bond donors (Lipinski definition) is 0. The van der Waals surface area contributed by atoms with E-state index in [2.05, 4.69) is 6.92 Å². The molecule has 0 N–H and O–H groups in total. The van der Waals surface area contributed by atoms with Gasteiger partial charge in [-0.2, -0.15) is 0 Å². The van der Waals surface area contributed by atoms with Crippen molar-refractivity contribution >= 4 is 11.8 Å². The van der Waals surface area contributed by atoms with Crippen LogP contribution in [-0.2, 0) is 14.3 Å². The fourth-order valence-corrected chi connectivity index (χ4v) is 2.06. The molecule has 2 heterocycles. The molecule has 4 nitrogen and oxygen atoms in total. The van der Waals surface area contributed by atoms with E-state index in [4.69, 9.17) is 4.74 Å². The number of likely N-dealkylation sites (tertiary alicyclic amines) is 1. The van der Waals surface area contributed by atoms with Crippen LogP contribution in [0, 0.1) is 0 Å². The summed E-state index contributed by atoms with van der Waals surface area (Å²) in [6, 6.07) is 0. The molecular formula is C11H17NO3. The third-order valence-electron chi connectivity index (χ3n) is 3.37. The average molecular weight is 211 g/mol. The highest BCUT2D eigenvalue weighted by molar-refractivity contribution is 6.01. The van der Waals surface area contributed by atoms with Gasteiger partial charge >= 0.3 is 0 Å². The highest BCUT2D eigenvalue weighted by Gasteiger charge is 2.42. The Morgan fingerprint density at radius 3 is 2.40 bits per heavy atom. The normalized spacial score (nSPS) is 30.1. The zero-order valence-corrected chi connectivity index (χ0v) is 9.12. The maximum Gasteiger partial charge on any atom is 0.229 e. The fraction of sp³-hybridized carbons (Fsp3) is 0.818. The molecule has 2 aliphatic rings. The Hall–Kier alpha value is -0.900. The van der Waals surface area contributed by atoms with Crippen LogP contribution < -0.4 is 0 Å². The Morgan fingerprint density at radius 1 is 1.33 bits per heavy atom. The first-order valence-corrected chi connectivity index (χ1v) is 5.64. The van der Waals surface area contributed by atoms with E-state index in [1.807, 2.05) is 0 Å². The van der Waals surface area contributed by atoms with Gasteiger partial charge in [-0.15, -0.1) is 0 Å². The van der Waals surface area contributed by atoms with Crippen LogP contribution in [0.25, 0.3) is 0 Å². The van der Waals surface area contributed by atoms with Gasteiger partial charge in [-0.25, -0.2) is 0 Å². The van der Waals surface area contributed by atoms with Crippen molar-refractivity contribution in [3.63, 3.8) is 0 Å². The first-order valence-electron chi connectivity index (χ1n) is 5.64. The molecule has 0 radical (unpaired) electrons. The zero-order chi connectivity index (χ0) is 10.9. The van der Waals surface area contributed by atoms with Crippen LogP contribution in [-0.4, -0.2) is 35.5 Å². The minimum Gasteiger partial charge on any atom is -0.370 e. The second-order valence-corrected chi connectivity index (χ2v) is 4.37. The molecule has 0 aromatic heterocycles. The molecular weight excluding hydrogens is 194 g/mol. The van der Waals surface area contributed by atoms with Crippen molar-refractivity contribution in [2.24, 2.45) is 0 Å². The third kappa shape index (κ3) is 2.20. The van der Waals surface area contributed by atoms with Crippen molar-refractivity contribution in [1.82, 2.24) is 4.90 Å². The maximum absolute atomic E-state index is 11.3. The lowest BCUT2D eigenvalue weighted by molar-refractivity contribution is -0.138. The lowest BCUT2D eigenvalue weighted by Crippen LogP contribution is -2.30. The topological polar surface area (TPSA) is 49.9 Å². The molecule has 1 unspecified atom stereocenters. The zero-order valence-electron chi connectivity index (χ0n) is 9.12. The second-order valence-electron chi connectivity index (χ2n) is 4.37. The number of ether oxygens (including phenoxy) is 1. The van der Waals surface area contributed by atoms with E-state index in [9.17, 15) is 9.59 Å². The average Bonchev–Trinajstić information content (AvgIpc) is 2.95. The van der Waals surface area contributed by atoms with Crippen LogP contribution in [0.1, 0.15) is 39.0 Å². The molecule has 0 aliphatic carbocycles. The summed E-state index contributed by atoms with van der Waals surface area (Å²) in [7, 11) is 0. The fourth-order valence-electron chi connectivity index (χ4n) is 2.06. The van der Waals surface area contributed by atoms with E-state index in [1.165, 1.54) is 4.90 Å². The van der Waals surface area contributed by atoms with Gasteiger partial charge in [0.25, 0.3) is 0 Å². The van der Waals surface area contributed by atoms with Gasteiger partial charge in [0, 0.05) is 19.4 Å². The van der Waals surface area contributed by atoms with Gasteiger partial charge in [0.05, 0.1) is 12.2 Å². The van der Waals surface area contributed by atoms with Gasteiger partial charge in [-0.05, 0) is 19.3 Å². The quantitative estimate of drug-likeness (QED) is 0.505. The van der Waals surface area contributed by atoms with Crippen LogP contribution >= 0.6 is 0 Å². The van der Waals surface area contributed by atoms with Gasteiger partial charge in [0.2, 0.25) is 11.8 Å². The van der Waals surface area contributed by atoms with Gasteiger partial charge < -0.3 is 4.74 Å². The van der Waals surface area contributed by atoms with Gasteiger partial charge in [0.1, 0.15) is 0 Å². The Balaban J connectivity index is 1.74. The van der Waals surface area contributed by atoms with E-state index in [0.29, 0.717) is 19.4 Å². The van der Waals surface area contributed by atoms with Crippen LogP contribution in [0.2, 0.25) is 0 Å². The number of nitrogens with zero attached hydrogens (tertiary/aromatic N) is 1. The van der Waals surface area contributed by atoms with Crippen molar-refractivity contribution in [3.05, 3.63) is 0 Å². The standard InChI is InChI=1S/C11H17NO3/c1-2-11(8-15-11)6-3-7-12-9(13)4-5-10(12)14/h2-8H2,1H3. The predicted molar refractivity (Wildman–Crippen MR) is 54.2 cm³/mol. The summed E-state index contributed by atoms with van der Waals surface area (Å²) in [5, 5.41) is 0. The summed E-state index contributed by atoms with van der Waals surface area (Å²) in [4.78, 5) is 24.0. The molecule has 0 aromatic rings. The summed E-state index contributed by atoms with van der Waals surface area (Å²) in [6.45, 7) is 3.52. The van der Waals surface area contributed by atoms with Gasteiger partial charge in [0.15, 0.2) is 0 Å². The van der Waals surface area contributed by atoms with Crippen molar-refractivity contribution in [2.45, 2.75) is 44.6 Å². The van der Waals surface area contributed by atoms with Gasteiger partial charge in [-0.3, -0.25) is 14.5 Å². The summed E-state index contributed by atoms with van der Waals surface area (Å²) in [6.07, 6.45) is 3.64. The molecule has 0 aromatic carbocycles. The Labute approximate surface area is 89.6 Å². The molecule has 2 rings (SSSR count). The van der Waals surface area contributed by atoms with Crippen molar-refractivity contribution < 1.29 is 14.3 Å². The van der Waals surface area contributed by atoms with Crippen LogP contribution in [0.15, 0.2) is 0 Å². The van der Waals surface area contributed by atoms with Gasteiger partial charge in [-0.1, -0.05) is 6.92 Å². The molecule has 0 bridgehead atoms. The smallest absolute Gasteiger partial charge is 0.229 e. The minimum atomic E-state index is -0.0118. The molecule has 2 aliphatic heterocycles. The second kappa shape index (κ2) is 3.93. The molecule has 0 spiro atoms. The van der Waals surface area contributed by atoms with E-state index >= 15 is 0 Å². The Morgan fingerprint density at radius 2 is 1.93 bits per heavy atom. The first kappa shape index (κ1) is 10.6. The third-order valence-corrected chi connectivity index (χ3v) is 3.37. The van der Waals surface area contributed by atoms with Crippen LogP contribution in [0.5, 0.6) is 0 Å². The molecule has 15 heavy (non-hydrogen) atoms. The number of carbonyl (C=O) groups excluding carboxylic acids is 2. The SMILES string of the molecule is CCC1(CCCN2C(=O)CCC2=O)CO1. The Bertz CT molecular complexity index is 268. The van der Waals surface area contributed by atoms with Crippen molar-refractivity contribution in [1.29, 1.82) is 0 Å². The molecule has 2 amide bonds. The number of rotatable bonds is 5. The van der Waals surface area contributed by atoms with Crippen LogP contribution in [0.3, 0.4) is 0 Å². The van der Waals surface area contributed by atoms with Crippen molar-refractivity contribution in [2.75, 3.05) is 13.2 Å². The lowest BCUT2D eigenvalue weighted by atomic mass is 10.0. The van der Waals surface area contributed by atoms with E-state index in [0.717, 1.165) is 25.9 Å². The maximum atomic E-state index is 11.3. The summed E-state index contributed by atoms with van der Waals surface area (Å²) in [5.74, 6) is -0.0236. The molecule has 2 fully saturated rings. The highest BCUT2D eigenvalue weighted by atomic mass is 16.6. The largest absolute Gasteiger partial charge is 0.370 e. The minimum absolute atomic E-state index is 0.0118. The summed E-state index contributed by atoms with van der Waals surface area (Å²) in [5.41, 5.74) is 0.0752. The monoisotopic (exact) mass is 211 g/mol. The number of hydrogen-bond acceptors (Lipinski definition) is 3. The summed E-state index contributed by atoms with van der Waals surface area (Å²) >= 11 is 0. The lowest BCUT2D eigenvalue weighted by Gasteiger charge is -2.15. The van der Waals surface area contributed by atoms with E-state index in [-0.39, 0.29) is 17.4 Å². The number of carbonyl (C=O) groups is 2. The molecule has 0 saturated carbocycles. The van der Waals surface area contributed by atoms with Crippen molar-refractivity contribution in [3.8, 4) is 0 Å². The molecule has 84 valence electrons. The number of epoxide rings is 1.